The molecule has 1 aliphatic heterocycles. The minimum Gasteiger partial charge on any atom is -0.457 e. The van der Waals surface area contributed by atoms with Gasteiger partial charge in [0, 0.05) is 31.5 Å². The molecule has 1 aromatic heterocycles. The second kappa shape index (κ2) is 9.78. The van der Waals surface area contributed by atoms with E-state index in [9.17, 15) is 9.59 Å². The van der Waals surface area contributed by atoms with Gasteiger partial charge in [-0.2, -0.15) is 0 Å². The number of ether oxygens (including phenoxy) is 1. The van der Waals surface area contributed by atoms with Crippen LogP contribution in [-0.2, 0) is 4.79 Å². The first kappa shape index (κ1) is 21.1. The van der Waals surface area contributed by atoms with Crippen molar-refractivity contribution in [2.24, 2.45) is 5.92 Å². The Hall–Kier alpha value is -3.13. The summed E-state index contributed by atoms with van der Waals surface area (Å²) in [5.74, 6) is 1.95. The molecule has 3 aromatic rings. The summed E-state index contributed by atoms with van der Waals surface area (Å²) >= 11 is 1.22. The Bertz CT molecular complexity index is 1040. The van der Waals surface area contributed by atoms with Crippen molar-refractivity contribution in [3.8, 4) is 11.5 Å². The van der Waals surface area contributed by atoms with E-state index in [4.69, 9.17) is 9.15 Å². The molecule has 0 N–H and O–H groups in total. The second-order valence-electron chi connectivity index (χ2n) is 7.36. The van der Waals surface area contributed by atoms with E-state index in [0.29, 0.717) is 35.5 Å². The molecule has 0 saturated carbocycles. The van der Waals surface area contributed by atoms with Crippen LogP contribution in [0.3, 0.4) is 0 Å². The number of aryl methyl sites for hydroxylation is 1. The van der Waals surface area contributed by atoms with Gasteiger partial charge in [0.2, 0.25) is 11.8 Å². The number of Topliss-reactive ketones (excluding diaryl/α,β-unsaturated/α-hetero) is 1. The SMILES string of the molecule is Cc1nnc(SCC(=O)N2CCCC(C(=O)c3ccc(Oc4ccccc4)cc3)C2)o1. The molecule has 1 atom stereocenters. The molecule has 160 valence electrons. The van der Waals surface area contributed by atoms with Crippen LogP contribution in [0.2, 0.25) is 0 Å². The van der Waals surface area contributed by atoms with Gasteiger partial charge in [-0.05, 0) is 49.2 Å². The number of rotatable bonds is 7. The number of para-hydroxylation sites is 1. The fourth-order valence-corrected chi connectivity index (χ4v) is 4.22. The number of thioether (sulfide) groups is 1. The topological polar surface area (TPSA) is 85.5 Å². The highest BCUT2D eigenvalue weighted by atomic mass is 32.2. The van der Waals surface area contributed by atoms with Gasteiger partial charge in [0.1, 0.15) is 11.5 Å². The molecule has 0 aliphatic carbocycles. The Morgan fingerprint density at radius 2 is 1.84 bits per heavy atom. The molecule has 0 radical (unpaired) electrons. The number of benzene rings is 2. The molecule has 1 fully saturated rings. The molecule has 1 unspecified atom stereocenters. The summed E-state index contributed by atoms with van der Waals surface area (Å²) in [5.41, 5.74) is 0.635. The molecule has 7 nitrogen and oxygen atoms in total. The van der Waals surface area contributed by atoms with Crippen molar-refractivity contribution in [3.63, 3.8) is 0 Å². The van der Waals surface area contributed by atoms with E-state index in [1.165, 1.54) is 11.8 Å². The van der Waals surface area contributed by atoms with Gasteiger partial charge >= 0.3 is 0 Å². The molecule has 2 heterocycles. The smallest absolute Gasteiger partial charge is 0.277 e. The third-order valence-electron chi connectivity index (χ3n) is 5.09. The van der Waals surface area contributed by atoms with Crippen molar-refractivity contribution >= 4 is 23.5 Å². The minimum absolute atomic E-state index is 0.0232. The number of aromatic nitrogens is 2. The zero-order valence-corrected chi connectivity index (χ0v) is 18.0. The van der Waals surface area contributed by atoms with Crippen molar-refractivity contribution in [1.29, 1.82) is 0 Å². The predicted molar refractivity (Wildman–Crippen MR) is 116 cm³/mol. The summed E-state index contributed by atoms with van der Waals surface area (Å²) in [7, 11) is 0. The molecule has 8 heteroatoms. The lowest BCUT2D eigenvalue weighted by atomic mass is 9.90. The van der Waals surface area contributed by atoms with E-state index in [0.717, 1.165) is 18.6 Å². The number of carbonyl (C=O) groups is 2. The highest BCUT2D eigenvalue weighted by molar-refractivity contribution is 7.99. The number of likely N-dealkylation sites (tertiary alicyclic amines) is 1. The Kier molecular flexibility index (Phi) is 6.66. The van der Waals surface area contributed by atoms with Gasteiger partial charge in [-0.3, -0.25) is 9.59 Å². The van der Waals surface area contributed by atoms with Gasteiger partial charge in [-0.25, -0.2) is 0 Å². The number of carbonyl (C=O) groups excluding carboxylic acids is 2. The fraction of sp³-hybridized carbons (Fsp3) is 0.304. The summed E-state index contributed by atoms with van der Waals surface area (Å²) in [4.78, 5) is 27.3. The third kappa shape index (κ3) is 5.52. The maximum atomic E-state index is 13.0. The zero-order valence-electron chi connectivity index (χ0n) is 17.2. The van der Waals surface area contributed by atoms with E-state index in [1.807, 2.05) is 30.3 Å². The summed E-state index contributed by atoms with van der Waals surface area (Å²) in [6.45, 7) is 2.80. The summed E-state index contributed by atoms with van der Waals surface area (Å²) in [6.07, 6.45) is 1.59. The lowest BCUT2D eigenvalue weighted by molar-refractivity contribution is -0.129. The molecule has 2 aromatic carbocycles. The first-order chi connectivity index (χ1) is 15.1. The van der Waals surface area contributed by atoms with Gasteiger partial charge in [0.15, 0.2) is 5.78 Å². The number of hydrogen-bond acceptors (Lipinski definition) is 7. The predicted octanol–water partition coefficient (Wildman–Crippen LogP) is 4.38. The lowest BCUT2D eigenvalue weighted by Gasteiger charge is -2.32. The van der Waals surface area contributed by atoms with Gasteiger partial charge in [-0.15, -0.1) is 10.2 Å². The van der Waals surface area contributed by atoms with Crippen molar-refractivity contribution in [2.75, 3.05) is 18.8 Å². The summed E-state index contributed by atoms with van der Waals surface area (Å²) in [5, 5.41) is 8.03. The Balaban J connectivity index is 1.33. The first-order valence-corrected chi connectivity index (χ1v) is 11.1. The molecule has 1 aliphatic rings. The van der Waals surface area contributed by atoms with Crippen molar-refractivity contribution in [3.05, 3.63) is 66.1 Å². The van der Waals surface area contributed by atoms with Crippen LogP contribution in [0.25, 0.3) is 0 Å². The Morgan fingerprint density at radius 1 is 1.10 bits per heavy atom. The molecule has 1 saturated heterocycles. The van der Waals surface area contributed by atoms with Crippen LogP contribution < -0.4 is 4.74 Å². The molecular formula is C23H23N3O4S. The van der Waals surface area contributed by atoms with Gasteiger partial charge in [0.25, 0.3) is 5.22 Å². The quantitative estimate of drug-likeness (QED) is 0.400. The highest BCUT2D eigenvalue weighted by Gasteiger charge is 2.29. The first-order valence-electron chi connectivity index (χ1n) is 10.2. The van der Waals surface area contributed by atoms with E-state index in [1.54, 1.807) is 36.1 Å². The monoisotopic (exact) mass is 437 g/mol. The second-order valence-corrected chi connectivity index (χ2v) is 8.28. The number of ketones is 1. The van der Waals surface area contributed by atoms with Crippen molar-refractivity contribution in [1.82, 2.24) is 15.1 Å². The van der Waals surface area contributed by atoms with Crippen LogP contribution in [0.4, 0.5) is 0 Å². The highest BCUT2D eigenvalue weighted by Crippen LogP contribution is 2.25. The molecule has 0 bridgehead atoms. The van der Waals surface area contributed by atoms with Crippen LogP contribution in [0.5, 0.6) is 11.5 Å². The van der Waals surface area contributed by atoms with Gasteiger partial charge in [0.05, 0.1) is 5.75 Å². The summed E-state index contributed by atoms with van der Waals surface area (Å²) in [6, 6.07) is 16.7. The van der Waals surface area contributed by atoms with Crippen LogP contribution in [0, 0.1) is 12.8 Å². The van der Waals surface area contributed by atoms with Gasteiger partial charge < -0.3 is 14.1 Å². The van der Waals surface area contributed by atoms with E-state index >= 15 is 0 Å². The maximum absolute atomic E-state index is 13.0. The van der Waals surface area contributed by atoms with Crippen LogP contribution in [0.15, 0.2) is 64.2 Å². The average molecular weight is 438 g/mol. The normalized spacial score (nSPS) is 16.2. The molecule has 1 amide bonds. The third-order valence-corrected chi connectivity index (χ3v) is 5.89. The average Bonchev–Trinajstić information content (AvgIpc) is 3.23. The number of hydrogen-bond donors (Lipinski definition) is 0. The maximum Gasteiger partial charge on any atom is 0.277 e. The van der Waals surface area contributed by atoms with Gasteiger partial charge in [-0.1, -0.05) is 30.0 Å². The molecule has 0 spiro atoms. The zero-order chi connectivity index (χ0) is 21.6. The van der Waals surface area contributed by atoms with Crippen LogP contribution in [-0.4, -0.2) is 45.6 Å². The Morgan fingerprint density at radius 3 is 2.55 bits per heavy atom. The number of piperidine rings is 1. The lowest BCUT2D eigenvalue weighted by Crippen LogP contribution is -2.43. The van der Waals surface area contributed by atoms with Crippen molar-refractivity contribution in [2.45, 2.75) is 25.0 Å². The molecular weight excluding hydrogens is 414 g/mol. The van der Waals surface area contributed by atoms with Crippen LogP contribution in [0.1, 0.15) is 29.1 Å². The number of amides is 1. The molecule has 4 rings (SSSR count). The molecule has 31 heavy (non-hydrogen) atoms. The standard InChI is InChI=1S/C23H23N3O4S/c1-16-24-25-23(29-16)31-15-21(27)26-13-5-6-18(14-26)22(28)17-9-11-20(12-10-17)30-19-7-3-2-4-8-19/h2-4,7-12,18H,5-6,13-15H2,1H3. The summed E-state index contributed by atoms with van der Waals surface area (Å²) < 4.78 is 11.1. The van der Waals surface area contributed by atoms with E-state index in [-0.39, 0.29) is 23.4 Å². The van der Waals surface area contributed by atoms with Crippen LogP contribution >= 0.6 is 11.8 Å². The van der Waals surface area contributed by atoms with E-state index < -0.39 is 0 Å². The Labute approximate surface area is 184 Å². The minimum atomic E-state index is -0.200. The van der Waals surface area contributed by atoms with E-state index in [2.05, 4.69) is 10.2 Å². The number of nitrogens with zero attached hydrogens (tertiary/aromatic N) is 3. The van der Waals surface area contributed by atoms with Crippen molar-refractivity contribution < 1.29 is 18.7 Å². The largest absolute Gasteiger partial charge is 0.457 e. The fourth-order valence-electron chi connectivity index (χ4n) is 3.52.